The van der Waals surface area contributed by atoms with E-state index in [-0.39, 0.29) is 34.5 Å². The van der Waals surface area contributed by atoms with Crippen LogP contribution in [0.5, 0.6) is 5.75 Å². The van der Waals surface area contributed by atoms with Crippen LogP contribution in [0.25, 0.3) is 0 Å². The monoisotopic (exact) mass is 709 g/mol. The molecular weight excluding hydrogens is 658 g/mol. The second-order valence-corrected chi connectivity index (χ2v) is 17.9. The van der Waals surface area contributed by atoms with Crippen molar-refractivity contribution in [2.75, 3.05) is 38.7 Å². The van der Waals surface area contributed by atoms with Crippen molar-refractivity contribution in [3.63, 3.8) is 0 Å². The highest BCUT2D eigenvalue weighted by atomic mass is 35.5. The fourth-order valence-electron chi connectivity index (χ4n) is 8.19. The van der Waals surface area contributed by atoms with Crippen molar-refractivity contribution in [2.24, 2.45) is 17.8 Å². The molecule has 2 bridgehead atoms. The molecule has 2 amide bonds. The van der Waals surface area contributed by atoms with Crippen LogP contribution in [0.3, 0.4) is 0 Å². The average Bonchev–Trinajstić information content (AvgIpc) is 3.20. The van der Waals surface area contributed by atoms with Crippen molar-refractivity contribution in [1.82, 2.24) is 9.62 Å². The van der Waals surface area contributed by atoms with Crippen molar-refractivity contribution in [1.29, 1.82) is 0 Å². The van der Waals surface area contributed by atoms with Crippen LogP contribution in [-0.4, -0.2) is 78.0 Å². The number of hydrogen-bond acceptors (Lipinski definition) is 6. The number of rotatable bonds is 4. The van der Waals surface area contributed by atoms with Gasteiger partial charge in [0.15, 0.2) is 0 Å². The van der Waals surface area contributed by atoms with Crippen LogP contribution >= 0.6 is 11.6 Å². The number of carbonyl (C=O) groups is 2. The number of amides is 2. The van der Waals surface area contributed by atoms with Gasteiger partial charge in [-0.3, -0.25) is 14.3 Å². The summed E-state index contributed by atoms with van der Waals surface area (Å²) in [4.78, 5) is 30.8. The smallest absolute Gasteiger partial charge is 0.262 e. The van der Waals surface area contributed by atoms with Gasteiger partial charge in [0, 0.05) is 48.4 Å². The summed E-state index contributed by atoms with van der Waals surface area (Å²) >= 11 is 6.47. The molecular formula is C39H52ClN3O5S. The molecule has 0 saturated heterocycles. The van der Waals surface area contributed by atoms with Crippen molar-refractivity contribution < 1.29 is 23.3 Å². The standard InChI is InChI=1S/C39H52ClN3O5S/c1-7-34(38(45)42(4)5)48-35-12-8-10-25(2)26(3)49(6,46)41-37(44)28-14-18-36-33(21-28)43(22-29-13-16-31(29)35)23-39(24-47-36)19-9-11-27-20-30(40)15-17-32(27)39/h8,12,14-15,17-18,20-21,25-26,29,31,34-35H,6-7,9-11,13,16,19,22-24H2,1-5H3,(H,41,44,46)/b12-8+/t25-,26+,29-,31+,34+,35-,39-,49?/m0/s1. The fraction of sp³-hybridized carbons (Fsp3) is 0.564. The molecule has 6 rings (SSSR count). The Morgan fingerprint density at radius 3 is 2.73 bits per heavy atom. The number of likely N-dealkylation sites (N-methyl/N-ethyl adjacent to an activating group) is 1. The van der Waals surface area contributed by atoms with Gasteiger partial charge in [0.25, 0.3) is 11.8 Å². The van der Waals surface area contributed by atoms with Gasteiger partial charge >= 0.3 is 0 Å². The summed E-state index contributed by atoms with van der Waals surface area (Å²) in [7, 11) is 0.570. The zero-order valence-corrected chi connectivity index (χ0v) is 31.2. The lowest BCUT2D eigenvalue weighted by Crippen LogP contribution is -2.50. The van der Waals surface area contributed by atoms with Gasteiger partial charge in [0.1, 0.15) is 11.9 Å². The van der Waals surface area contributed by atoms with Crippen LogP contribution in [-0.2, 0) is 31.1 Å². The minimum Gasteiger partial charge on any atom is -0.490 e. The first kappa shape index (κ1) is 35.8. The average molecular weight is 710 g/mol. The van der Waals surface area contributed by atoms with Crippen molar-refractivity contribution in [3.8, 4) is 5.75 Å². The Balaban J connectivity index is 1.42. The van der Waals surface area contributed by atoms with Gasteiger partial charge in [-0.15, -0.1) is 0 Å². The first-order chi connectivity index (χ1) is 23.3. The number of nitrogens with one attached hydrogen (secondary N) is 1. The zero-order valence-electron chi connectivity index (χ0n) is 29.6. The van der Waals surface area contributed by atoms with E-state index in [0.29, 0.717) is 30.9 Å². The summed E-state index contributed by atoms with van der Waals surface area (Å²) in [5, 5.41) is 0.374. The normalized spacial score (nSPS) is 32.7. The van der Waals surface area contributed by atoms with Crippen molar-refractivity contribution >= 4 is 44.7 Å². The van der Waals surface area contributed by atoms with Gasteiger partial charge in [-0.1, -0.05) is 43.7 Å². The zero-order chi connectivity index (χ0) is 35.1. The van der Waals surface area contributed by atoms with Gasteiger partial charge in [-0.05, 0) is 117 Å². The molecule has 4 aliphatic rings. The first-order valence-corrected chi connectivity index (χ1v) is 20.0. The second-order valence-electron chi connectivity index (χ2n) is 15.0. The Morgan fingerprint density at radius 1 is 1.22 bits per heavy atom. The molecule has 49 heavy (non-hydrogen) atoms. The maximum absolute atomic E-state index is 13.9. The molecule has 10 heteroatoms. The molecule has 1 saturated carbocycles. The Bertz CT molecular complexity index is 1710. The molecule has 1 N–H and O–H groups in total. The maximum Gasteiger partial charge on any atom is 0.262 e. The molecule has 8 nitrogen and oxygen atoms in total. The Labute approximate surface area is 297 Å². The molecule has 1 spiro atoms. The van der Waals surface area contributed by atoms with Crippen LogP contribution < -0.4 is 14.4 Å². The minimum atomic E-state index is -2.97. The highest BCUT2D eigenvalue weighted by molar-refractivity contribution is 7.99. The summed E-state index contributed by atoms with van der Waals surface area (Å²) in [6.45, 7) is 7.91. The van der Waals surface area contributed by atoms with E-state index >= 15 is 0 Å². The van der Waals surface area contributed by atoms with Crippen LogP contribution in [0.15, 0.2) is 48.6 Å². The van der Waals surface area contributed by atoms with Crippen LogP contribution in [0.4, 0.5) is 5.69 Å². The molecule has 266 valence electrons. The molecule has 2 aliphatic carbocycles. The quantitative estimate of drug-likeness (QED) is 0.291. The number of ether oxygens (including phenoxy) is 2. The number of hydrogen-bond donors (Lipinski definition) is 1. The highest BCUT2D eigenvalue weighted by Gasteiger charge is 2.45. The predicted molar refractivity (Wildman–Crippen MR) is 199 cm³/mol. The van der Waals surface area contributed by atoms with E-state index in [9.17, 15) is 13.8 Å². The number of carbonyl (C=O) groups excluding carboxylic acids is 2. The van der Waals surface area contributed by atoms with Crippen LogP contribution in [0.1, 0.15) is 80.8 Å². The summed E-state index contributed by atoms with van der Waals surface area (Å²) in [5.74, 6) is 4.82. The summed E-state index contributed by atoms with van der Waals surface area (Å²) in [6.07, 6.45) is 9.72. The topological polar surface area (TPSA) is 88.2 Å². The third-order valence-corrected chi connectivity index (χ3v) is 14.0. The third kappa shape index (κ3) is 7.26. The summed E-state index contributed by atoms with van der Waals surface area (Å²) < 4.78 is 30.0. The molecule has 0 aromatic heterocycles. The van der Waals surface area contributed by atoms with Crippen LogP contribution in [0, 0.1) is 17.8 Å². The predicted octanol–water partition coefficient (Wildman–Crippen LogP) is 6.44. The highest BCUT2D eigenvalue weighted by Crippen LogP contribution is 2.47. The molecule has 1 unspecified atom stereocenters. The van der Waals surface area contributed by atoms with Gasteiger partial charge in [-0.25, -0.2) is 4.21 Å². The molecule has 1 fully saturated rings. The number of aryl methyl sites for hydroxylation is 1. The Morgan fingerprint density at radius 2 is 2.02 bits per heavy atom. The molecule has 2 aromatic rings. The van der Waals surface area contributed by atoms with Gasteiger partial charge in [0.2, 0.25) is 0 Å². The third-order valence-electron chi connectivity index (χ3n) is 11.6. The van der Waals surface area contributed by atoms with E-state index in [2.05, 4.69) is 39.8 Å². The maximum atomic E-state index is 13.9. The van der Waals surface area contributed by atoms with E-state index in [1.165, 1.54) is 11.1 Å². The van der Waals surface area contributed by atoms with Gasteiger partial charge in [-0.2, -0.15) is 0 Å². The lowest BCUT2D eigenvalue weighted by atomic mass is 9.68. The largest absolute Gasteiger partial charge is 0.490 e. The number of allylic oxidation sites excluding steroid dienone is 1. The van der Waals surface area contributed by atoms with E-state index < -0.39 is 21.7 Å². The SMILES string of the molecule is C=S1(=O)NC(=O)c2ccc3c(c2)N(C[C@@H]2CC[C@H]2[C@@H](O[C@H](CC)C(=O)N(C)C)/C=C/C[C@H](C)[C@H]1C)C[C@@]1(CCCc2cc(Cl)ccc21)CO3. The molecule has 2 heterocycles. The van der Waals surface area contributed by atoms with Crippen LogP contribution in [0.2, 0.25) is 5.02 Å². The Hall–Kier alpha value is -3.01. The molecule has 2 aromatic carbocycles. The summed E-state index contributed by atoms with van der Waals surface area (Å²) in [5.41, 5.74) is 3.59. The van der Waals surface area contributed by atoms with E-state index in [1.54, 1.807) is 25.1 Å². The molecule has 2 aliphatic heterocycles. The van der Waals surface area contributed by atoms with Gasteiger partial charge in [0.05, 0.1) is 28.1 Å². The second kappa shape index (κ2) is 14.3. The van der Waals surface area contributed by atoms with Crippen molar-refractivity contribution in [3.05, 3.63) is 70.3 Å². The van der Waals surface area contributed by atoms with E-state index in [4.69, 9.17) is 21.1 Å². The molecule has 8 atom stereocenters. The number of halogens is 1. The fourth-order valence-corrected chi connectivity index (χ4v) is 9.87. The van der Waals surface area contributed by atoms with E-state index in [0.717, 1.165) is 61.7 Å². The number of fused-ring (bicyclic) bond motifs is 4. The minimum absolute atomic E-state index is 0.0157. The number of anilines is 1. The lowest BCUT2D eigenvalue weighted by Gasteiger charge is -2.46. The van der Waals surface area contributed by atoms with Crippen molar-refractivity contribution in [2.45, 2.75) is 88.6 Å². The molecule has 0 radical (unpaired) electrons. The van der Waals surface area contributed by atoms with E-state index in [1.807, 2.05) is 39.0 Å². The summed E-state index contributed by atoms with van der Waals surface area (Å²) in [6, 6.07) is 11.8. The number of benzene rings is 2. The number of nitrogens with zero attached hydrogens (tertiary/aromatic N) is 2. The van der Waals surface area contributed by atoms with Gasteiger partial charge < -0.3 is 19.3 Å². The first-order valence-electron chi connectivity index (χ1n) is 17.8. The lowest BCUT2D eigenvalue weighted by molar-refractivity contribution is -0.148. The Kier molecular flexibility index (Phi) is 10.5.